The zero-order chi connectivity index (χ0) is 19.9. The van der Waals surface area contributed by atoms with E-state index < -0.39 is 35.0 Å². The number of carboxylic acids is 1. The van der Waals surface area contributed by atoms with Crippen LogP contribution in [0.2, 0.25) is 0 Å². The van der Waals surface area contributed by atoms with Gasteiger partial charge in [0.1, 0.15) is 5.60 Å². The molecule has 9 nitrogen and oxygen atoms in total. The number of carbonyl (C=O) groups is 4. The number of carboxylic acid groups (broad SMARTS) is 1. The van der Waals surface area contributed by atoms with E-state index in [0.717, 1.165) is 7.11 Å². The summed E-state index contributed by atoms with van der Waals surface area (Å²) in [6.45, 7) is 6.33. The number of aromatic carboxylic acids is 1. The summed E-state index contributed by atoms with van der Waals surface area (Å²) in [4.78, 5) is 48.0. The van der Waals surface area contributed by atoms with Crippen LogP contribution in [0, 0.1) is 0 Å². The fraction of sp³-hybridized carbons (Fsp3) is 0.412. The van der Waals surface area contributed by atoms with Gasteiger partial charge >= 0.3 is 18.0 Å². The third kappa shape index (κ3) is 3.32. The molecule has 26 heavy (non-hydrogen) atoms. The van der Waals surface area contributed by atoms with Gasteiger partial charge in [-0.1, -0.05) is 0 Å². The Morgan fingerprint density at radius 2 is 1.85 bits per heavy atom. The number of benzene rings is 1. The lowest BCUT2D eigenvalue weighted by molar-refractivity contribution is -0.150. The molecule has 1 aliphatic rings. The average Bonchev–Trinajstić information content (AvgIpc) is 2.76. The second kappa shape index (κ2) is 6.32. The molecule has 2 amide bonds. The van der Waals surface area contributed by atoms with Gasteiger partial charge < -0.3 is 19.9 Å². The Hall–Kier alpha value is -3.10. The predicted octanol–water partition coefficient (Wildman–Crippen LogP) is 2.11. The van der Waals surface area contributed by atoms with Crippen molar-refractivity contribution in [1.82, 2.24) is 0 Å². The first-order chi connectivity index (χ1) is 11.9. The molecular formula is C17H20N2O7. The summed E-state index contributed by atoms with van der Waals surface area (Å²) in [5, 5.41) is 14.2. The highest BCUT2D eigenvalue weighted by Crippen LogP contribution is 2.41. The smallest absolute Gasteiger partial charge is 0.412 e. The van der Waals surface area contributed by atoms with Gasteiger partial charge in [0.05, 0.1) is 18.4 Å². The molecule has 3 N–H and O–H groups in total. The highest BCUT2D eigenvalue weighted by atomic mass is 16.6. The number of esters is 1. The number of rotatable bonds is 3. The van der Waals surface area contributed by atoms with Gasteiger partial charge in [-0.15, -0.1) is 0 Å². The van der Waals surface area contributed by atoms with Crippen LogP contribution in [0.1, 0.15) is 43.6 Å². The zero-order valence-electron chi connectivity index (χ0n) is 15.1. The monoisotopic (exact) mass is 364 g/mol. The van der Waals surface area contributed by atoms with Gasteiger partial charge in [0.15, 0.2) is 5.41 Å². The van der Waals surface area contributed by atoms with E-state index in [-0.39, 0.29) is 22.5 Å². The van der Waals surface area contributed by atoms with Crippen molar-refractivity contribution in [2.45, 2.75) is 38.7 Å². The van der Waals surface area contributed by atoms with Crippen LogP contribution in [-0.2, 0) is 24.5 Å². The molecule has 0 bridgehead atoms. The van der Waals surface area contributed by atoms with Crippen LogP contribution in [0.25, 0.3) is 0 Å². The third-order valence-electron chi connectivity index (χ3n) is 3.86. The number of fused-ring (bicyclic) bond motifs is 1. The Labute approximate surface area is 149 Å². The maximum absolute atomic E-state index is 12.3. The minimum absolute atomic E-state index is 0.0999. The van der Waals surface area contributed by atoms with Gasteiger partial charge in [0.25, 0.3) is 0 Å². The molecule has 1 atom stereocenters. The predicted molar refractivity (Wildman–Crippen MR) is 91.3 cm³/mol. The largest absolute Gasteiger partial charge is 0.478 e. The third-order valence-corrected chi connectivity index (χ3v) is 3.86. The molecule has 2 rings (SSSR count). The van der Waals surface area contributed by atoms with Crippen LogP contribution in [0.5, 0.6) is 0 Å². The quantitative estimate of drug-likeness (QED) is 0.553. The van der Waals surface area contributed by atoms with Crippen molar-refractivity contribution in [2.24, 2.45) is 0 Å². The van der Waals surface area contributed by atoms with Gasteiger partial charge in [0.2, 0.25) is 5.91 Å². The summed E-state index contributed by atoms with van der Waals surface area (Å²) in [5.41, 5.74) is -2.45. The Morgan fingerprint density at radius 3 is 2.35 bits per heavy atom. The fourth-order valence-corrected chi connectivity index (χ4v) is 2.59. The van der Waals surface area contributed by atoms with E-state index in [1.54, 1.807) is 20.8 Å². The molecule has 0 fully saturated rings. The number of amides is 2. The van der Waals surface area contributed by atoms with Crippen molar-refractivity contribution in [3.8, 4) is 0 Å². The minimum atomic E-state index is -1.66. The van der Waals surface area contributed by atoms with Crippen LogP contribution in [-0.4, -0.2) is 41.8 Å². The van der Waals surface area contributed by atoms with Crippen LogP contribution in [0.3, 0.4) is 0 Å². The fourth-order valence-electron chi connectivity index (χ4n) is 2.59. The summed E-state index contributed by atoms with van der Waals surface area (Å²) in [6.07, 6.45) is -0.864. The second-order valence-electron chi connectivity index (χ2n) is 6.95. The van der Waals surface area contributed by atoms with E-state index in [0.29, 0.717) is 0 Å². The zero-order valence-corrected chi connectivity index (χ0v) is 15.1. The molecule has 1 heterocycles. The molecular weight excluding hydrogens is 344 g/mol. The maximum Gasteiger partial charge on any atom is 0.412 e. The number of nitrogens with one attached hydrogen (secondary N) is 2. The molecule has 1 unspecified atom stereocenters. The molecule has 0 aromatic heterocycles. The van der Waals surface area contributed by atoms with Crippen LogP contribution in [0.4, 0.5) is 16.2 Å². The number of anilines is 2. The summed E-state index contributed by atoms with van der Waals surface area (Å²) in [7, 11) is 1.14. The SMILES string of the molecule is COC(=O)C1(C)C(=O)Nc2cc(C(=O)O)c(NC(=O)OC(C)(C)C)cc21. The highest BCUT2D eigenvalue weighted by Gasteiger charge is 2.50. The van der Waals surface area contributed by atoms with E-state index in [2.05, 4.69) is 10.6 Å². The molecule has 1 aromatic carbocycles. The van der Waals surface area contributed by atoms with Crippen molar-refractivity contribution in [3.05, 3.63) is 23.3 Å². The van der Waals surface area contributed by atoms with Gasteiger partial charge in [-0.05, 0) is 39.8 Å². The first kappa shape index (κ1) is 19.2. The molecule has 0 aliphatic carbocycles. The molecule has 9 heteroatoms. The van der Waals surface area contributed by atoms with Crippen molar-refractivity contribution in [2.75, 3.05) is 17.7 Å². The summed E-state index contributed by atoms with van der Waals surface area (Å²) in [6, 6.07) is 2.44. The van der Waals surface area contributed by atoms with E-state index in [9.17, 15) is 24.3 Å². The summed E-state index contributed by atoms with van der Waals surface area (Å²) < 4.78 is 9.82. The maximum atomic E-state index is 12.3. The normalized spacial score (nSPS) is 18.6. The number of hydrogen-bond acceptors (Lipinski definition) is 6. The lowest BCUT2D eigenvalue weighted by atomic mass is 9.83. The van der Waals surface area contributed by atoms with Gasteiger partial charge in [-0.3, -0.25) is 14.9 Å². The Morgan fingerprint density at radius 1 is 1.23 bits per heavy atom. The standard InChI is InChI=1S/C17H20N2O7/c1-16(2,3)26-15(24)19-10-7-9-11(6-8(10)12(20)21)18-13(22)17(9,4)14(23)25-5/h6-7H,1-5H3,(H,18,22)(H,19,24)(H,20,21). The van der Waals surface area contributed by atoms with Crippen LogP contribution >= 0.6 is 0 Å². The van der Waals surface area contributed by atoms with Crippen LogP contribution < -0.4 is 10.6 Å². The first-order valence-corrected chi connectivity index (χ1v) is 7.72. The van der Waals surface area contributed by atoms with Gasteiger partial charge in [0, 0.05) is 11.3 Å². The molecule has 0 radical (unpaired) electrons. The Balaban J connectivity index is 2.54. The van der Waals surface area contributed by atoms with Crippen molar-refractivity contribution in [3.63, 3.8) is 0 Å². The summed E-state index contributed by atoms with van der Waals surface area (Å²) in [5.74, 6) is -2.77. The number of ether oxygens (including phenoxy) is 2. The van der Waals surface area contributed by atoms with Gasteiger partial charge in [-0.25, -0.2) is 9.59 Å². The van der Waals surface area contributed by atoms with E-state index >= 15 is 0 Å². The van der Waals surface area contributed by atoms with Crippen molar-refractivity contribution < 1.29 is 33.8 Å². The van der Waals surface area contributed by atoms with Crippen molar-refractivity contribution in [1.29, 1.82) is 0 Å². The molecule has 140 valence electrons. The molecule has 0 spiro atoms. The second-order valence-corrected chi connectivity index (χ2v) is 6.95. The van der Waals surface area contributed by atoms with Crippen molar-refractivity contribution >= 4 is 35.3 Å². The van der Waals surface area contributed by atoms with E-state index in [4.69, 9.17) is 9.47 Å². The number of methoxy groups -OCH3 is 1. The first-order valence-electron chi connectivity index (χ1n) is 7.72. The highest BCUT2D eigenvalue weighted by molar-refractivity contribution is 6.20. The van der Waals surface area contributed by atoms with E-state index in [1.165, 1.54) is 19.1 Å². The molecule has 1 aromatic rings. The molecule has 0 saturated heterocycles. The van der Waals surface area contributed by atoms with Crippen LogP contribution in [0.15, 0.2) is 12.1 Å². The number of hydrogen-bond donors (Lipinski definition) is 3. The lowest BCUT2D eigenvalue weighted by Crippen LogP contribution is -2.40. The van der Waals surface area contributed by atoms with E-state index in [1.807, 2.05) is 0 Å². The average molecular weight is 364 g/mol. The topological polar surface area (TPSA) is 131 Å². The number of carbonyl (C=O) groups excluding carboxylic acids is 3. The Bertz CT molecular complexity index is 810. The molecule has 1 aliphatic heterocycles. The molecule has 0 saturated carbocycles. The Kier molecular flexibility index (Phi) is 4.68. The summed E-state index contributed by atoms with van der Waals surface area (Å²) >= 11 is 0. The van der Waals surface area contributed by atoms with Gasteiger partial charge in [-0.2, -0.15) is 0 Å². The lowest BCUT2D eigenvalue weighted by Gasteiger charge is -2.22. The minimum Gasteiger partial charge on any atom is -0.478 e.